The van der Waals surface area contributed by atoms with Crippen LogP contribution in [0, 0.1) is 11.2 Å². The minimum Gasteiger partial charge on any atom is -0.490 e. The molecule has 1 aliphatic heterocycles. The van der Waals surface area contributed by atoms with Crippen molar-refractivity contribution in [2.24, 2.45) is 5.41 Å². The number of halogens is 1. The monoisotopic (exact) mass is 400 g/mol. The van der Waals surface area contributed by atoms with Gasteiger partial charge < -0.3 is 19.7 Å². The third-order valence-electron chi connectivity index (χ3n) is 4.58. The highest BCUT2D eigenvalue weighted by molar-refractivity contribution is 6.00. The van der Waals surface area contributed by atoms with Crippen LogP contribution in [0.2, 0.25) is 0 Å². The first-order valence-corrected chi connectivity index (χ1v) is 9.57. The number of nitrogens with one attached hydrogen (secondary N) is 1. The SMILES string of the molecule is CCCN1C(=O)C(C)(C)COc2cc(NC(=O)COc3ccc(F)cc3)ccc21. The smallest absolute Gasteiger partial charge is 0.262 e. The Morgan fingerprint density at radius 3 is 2.66 bits per heavy atom. The molecule has 0 fully saturated rings. The molecule has 29 heavy (non-hydrogen) atoms. The second-order valence-corrected chi connectivity index (χ2v) is 7.60. The first kappa shape index (κ1) is 20.6. The van der Waals surface area contributed by atoms with Crippen LogP contribution >= 0.6 is 0 Å². The van der Waals surface area contributed by atoms with Crippen molar-refractivity contribution in [1.82, 2.24) is 0 Å². The zero-order valence-electron chi connectivity index (χ0n) is 16.8. The van der Waals surface area contributed by atoms with Gasteiger partial charge in [0.25, 0.3) is 5.91 Å². The fourth-order valence-electron chi connectivity index (χ4n) is 3.05. The lowest BCUT2D eigenvalue weighted by molar-refractivity contribution is -0.127. The molecule has 1 heterocycles. The number of hydrogen-bond acceptors (Lipinski definition) is 4. The largest absolute Gasteiger partial charge is 0.490 e. The number of amides is 2. The molecule has 154 valence electrons. The maximum absolute atomic E-state index is 12.9. The van der Waals surface area contributed by atoms with Gasteiger partial charge in [-0.2, -0.15) is 0 Å². The second-order valence-electron chi connectivity index (χ2n) is 7.60. The molecule has 0 aromatic heterocycles. The Bertz CT molecular complexity index is 896. The maximum Gasteiger partial charge on any atom is 0.262 e. The van der Waals surface area contributed by atoms with Gasteiger partial charge >= 0.3 is 0 Å². The van der Waals surface area contributed by atoms with E-state index in [0.717, 1.165) is 6.42 Å². The lowest BCUT2D eigenvalue weighted by atomic mass is 9.93. The number of nitrogens with zero attached hydrogens (tertiary/aromatic N) is 1. The van der Waals surface area contributed by atoms with E-state index in [2.05, 4.69) is 5.32 Å². The van der Waals surface area contributed by atoms with Gasteiger partial charge in [-0.3, -0.25) is 9.59 Å². The average molecular weight is 400 g/mol. The van der Waals surface area contributed by atoms with Crippen LogP contribution in [0.4, 0.5) is 15.8 Å². The zero-order valence-corrected chi connectivity index (χ0v) is 16.8. The minimum atomic E-state index is -0.638. The van der Waals surface area contributed by atoms with Gasteiger partial charge in [0.15, 0.2) is 6.61 Å². The summed E-state index contributed by atoms with van der Waals surface area (Å²) in [5, 5.41) is 2.75. The van der Waals surface area contributed by atoms with E-state index in [4.69, 9.17) is 9.47 Å². The van der Waals surface area contributed by atoms with Crippen molar-refractivity contribution in [3.05, 3.63) is 48.3 Å². The summed E-state index contributed by atoms with van der Waals surface area (Å²) in [6, 6.07) is 10.7. The summed E-state index contributed by atoms with van der Waals surface area (Å²) in [6.07, 6.45) is 0.820. The molecule has 2 amide bonds. The van der Waals surface area contributed by atoms with Crippen LogP contribution in [-0.2, 0) is 9.59 Å². The van der Waals surface area contributed by atoms with Crippen molar-refractivity contribution in [2.45, 2.75) is 27.2 Å². The van der Waals surface area contributed by atoms with Gasteiger partial charge in [0, 0.05) is 18.3 Å². The van der Waals surface area contributed by atoms with Gasteiger partial charge in [-0.25, -0.2) is 4.39 Å². The van der Waals surface area contributed by atoms with E-state index in [-0.39, 0.29) is 30.8 Å². The minimum absolute atomic E-state index is 0.0163. The number of hydrogen-bond donors (Lipinski definition) is 1. The summed E-state index contributed by atoms with van der Waals surface area (Å²) in [5.41, 5.74) is 0.601. The molecule has 0 aliphatic carbocycles. The molecule has 1 N–H and O–H groups in total. The Morgan fingerprint density at radius 1 is 1.24 bits per heavy atom. The predicted molar refractivity (Wildman–Crippen MR) is 109 cm³/mol. The van der Waals surface area contributed by atoms with Gasteiger partial charge in [-0.15, -0.1) is 0 Å². The van der Waals surface area contributed by atoms with Gasteiger partial charge in [0.2, 0.25) is 5.91 Å². The molecule has 0 bridgehead atoms. The van der Waals surface area contributed by atoms with Crippen LogP contribution in [0.25, 0.3) is 0 Å². The number of fused-ring (bicyclic) bond motifs is 1. The first-order chi connectivity index (χ1) is 13.8. The summed E-state index contributed by atoms with van der Waals surface area (Å²) in [4.78, 5) is 26.8. The Morgan fingerprint density at radius 2 is 1.97 bits per heavy atom. The van der Waals surface area contributed by atoms with E-state index in [1.54, 1.807) is 23.1 Å². The number of carbonyl (C=O) groups excluding carboxylic acids is 2. The van der Waals surface area contributed by atoms with Gasteiger partial charge in [-0.1, -0.05) is 6.92 Å². The Labute approximate surface area is 169 Å². The lowest BCUT2D eigenvalue weighted by Crippen LogP contribution is -2.42. The average Bonchev–Trinajstić information content (AvgIpc) is 2.78. The topological polar surface area (TPSA) is 67.9 Å². The number of carbonyl (C=O) groups is 2. The van der Waals surface area contributed by atoms with Crippen LogP contribution in [0.3, 0.4) is 0 Å². The zero-order chi connectivity index (χ0) is 21.0. The maximum atomic E-state index is 12.9. The summed E-state index contributed by atoms with van der Waals surface area (Å²) in [6.45, 7) is 6.37. The molecule has 3 rings (SSSR count). The molecule has 0 saturated carbocycles. The molecule has 0 unspecified atom stereocenters. The van der Waals surface area contributed by atoms with Gasteiger partial charge in [-0.05, 0) is 56.7 Å². The molecule has 7 heteroatoms. The van der Waals surface area contributed by atoms with Gasteiger partial charge in [0.1, 0.15) is 23.9 Å². The Hall–Kier alpha value is -3.09. The predicted octanol–water partition coefficient (Wildman–Crippen LogP) is 4.00. The summed E-state index contributed by atoms with van der Waals surface area (Å²) in [7, 11) is 0. The van der Waals surface area contributed by atoms with E-state index >= 15 is 0 Å². The molecule has 0 radical (unpaired) electrons. The van der Waals surface area contributed by atoms with Crippen molar-refractivity contribution in [2.75, 3.05) is 30.0 Å². The van der Waals surface area contributed by atoms with Crippen molar-refractivity contribution < 1.29 is 23.5 Å². The molecule has 2 aromatic rings. The van der Waals surface area contributed by atoms with Gasteiger partial charge in [0.05, 0.1) is 11.1 Å². The van der Waals surface area contributed by atoms with Crippen LogP contribution in [0.1, 0.15) is 27.2 Å². The Kier molecular flexibility index (Phi) is 6.06. The highest BCUT2D eigenvalue weighted by Crippen LogP contribution is 2.38. The highest BCUT2D eigenvalue weighted by atomic mass is 19.1. The van der Waals surface area contributed by atoms with Crippen molar-refractivity contribution >= 4 is 23.2 Å². The van der Waals surface area contributed by atoms with Crippen molar-refractivity contribution in [3.8, 4) is 11.5 Å². The molecular formula is C22H25FN2O4. The summed E-state index contributed by atoms with van der Waals surface area (Å²) < 4.78 is 24.2. The normalized spacial score (nSPS) is 15.2. The van der Waals surface area contributed by atoms with Crippen molar-refractivity contribution in [1.29, 1.82) is 0 Å². The first-order valence-electron chi connectivity index (χ1n) is 9.57. The molecule has 0 spiro atoms. The Balaban J connectivity index is 1.71. The van der Waals surface area contributed by atoms with E-state index in [1.807, 2.05) is 20.8 Å². The number of anilines is 2. The van der Waals surface area contributed by atoms with E-state index in [9.17, 15) is 14.0 Å². The van der Waals surface area contributed by atoms with Crippen LogP contribution in [0.15, 0.2) is 42.5 Å². The third kappa shape index (κ3) is 4.85. The molecule has 0 atom stereocenters. The molecular weight excluding hydrogens is 375 g/mol. The molecule has 0 saturated heterocycles. The number of benzene rings is 2. The third-order valence-corrected chi connectivity index (χ3v) is 4.58. The standard InChI is InChI=1S/C22H25FN2O4/c1-4-11-25-18-10-7-16(12-19(18)29-14-22(2,3)21(25)27)24-20(26)13-28-17-8-5-15(23)6-9-17/h5-10,12H,4,11,13-14H2,1-3H3,(H,24,26). The van der Waals surface area contributed by atoms with Crippen LogP contribution in [-0.4, -0.2) is 31.6 Å². The van der Waals surface area contributed by atoms with E-state index in [1.165, 1.54) is 24.3 Å². The molecule has 2 aromatic carbocycles. The highest BCUT2D eigenvalue weighted by Gasteiger charge is 2.37. The van der Waals surface area contributed by atoms with E-state index < -0.39 is 5.41 Å². The van der Waals surface area contributed by atoms with Crippen molar-refractivity contribution in [3.63, 3.8) is 0 Å². The quantitative estimate of drug-likeness (QED) is 0.796. The van der Waals surface area contributed by atoms with Crippen LogP contribution in [0.5, 0.6) is 11.5 Å². The van der Waals surface area contributed by atoms with E-state index in [0.29, 0.717) is 29.4 Å². The summed E-state index contributed by atoms with van der Waals surface area (Å²) in [5.74, 6) is 0.246. The fraction of sp³-hybridized carbons (Fsp3) is 0.364. The second kappa shape index (κ2) is 8.51. The fourth-order valence-corrected chi connectivity index (χ4v) is 3.05. The lowest BCUT2D eigenvalue weighted by Gasteiger charge is -2.27. The van der Waals surface area contributed by atoms with Crippen LogP contribution < -0.4 is 19.7 Å². The number of ether oxygens (including phenoxy) is 2. The molecule has 1 aliphatic rings. The number of rotatable bonds is 6. The molecule has 6 nitrogen and oxygen atoms in total. The summed E-state index contributed by atoms with van der Waals surface area (Å²) >= 11 is 0.